The molecule has 0 aromatic heterocycles. The molecule has 1 aliphatic heterocycles. The van der Waals surface area contributed by atoms with Gasteiger partial charge < -0.3 is 19.9 Å². The van der Waals surface area contributed by atoms with Gasteiger partial charge in [-0.2, -0.15) is 0 Å². The topological polar surface area (TPSA) is 71.0 Å². The number of nitrogens with one attached hydrogen (secondary N) is 1. The Bertz CT molecular complexity index is 748. The molecule has 132 valence electrons. The van der Waals surface area contributed by atoms with Crippen molar-refractivity contribution in [3.63, 3.8) is 0 Å². The van der Waals surface area contributed by atoms with Crippen molar-refractivity contribution in [2.45, 2.75) is 20.0 Å². The minimum atomic E-state index is -0.303. The molecule has 0 radical (unpaired) electrons. The van der Waals surface area contributed by atoms with Crippen LogP contribution in [0.5, 0.6) is 11.5 Å². The Hall–Kier alpha value is -2.73. The van der Waals surface area contributed by atoms with Crippen LogP contribution in [-0.2, 0) is 17.8 Å². The standard InChI is InChI=1S/C19H22N2O4/c1-2-24-17-8-4-6-15(18(17)22)13-20-12-14-5-3-7-16(11-14)21-9-10-25-19(21)23/h3-8,11,20,22H,2,9-10,12-13H2,1H3. The van der Waals surface area contributed by atoms with Gasteiger partial charge in [-0.15, -0.1) is 0 Å². The second kappa shape index (κ2) is 7.90. The van der Waals surface area contributed by atoms with E-state index in [1.807, 2.05) is 43.3 Å². The monoisotopic (exact) mass is 342 g/mol. The molecule has 0 atom stereocenters. The van der Waals surface area contributed by atoms with Crippen molar-refractivity contribution < 1.29 is 19.4 Å². The molecule has 0 saturated carbocycles. The number of anilines is 1. The van der Waals surface area contributed by atoms with Gasteiger partial charge in [0.2, 0.25) is 0 Å². The predicted octanol–water partition coefficient (Wildman–Crippen LogP) is 3.04. The molecule has 0 bridgehead atoms. The molecule has 6 nitrogen and oxygen atoms in total. The van der Waals surface area contributed by atoms with Gasteiger partial charge in [-0.3, -0.25) is 4.90 Å². The number of para-hydroxylation sites is 1. The molecule has 1 heterocycles. The normalized spacial score (nSPS) is 13.8. The third-order valence-electron chi connectivity index (χ3n) is 4.01. The summed E-state index contributed by atoms with van der Waals surface area (Å²) in [6, 6.07) is 13.3. The number of amides is 1. The first-order valence-corrected chi connectivity index (χ1v) is 8.36. The summed E-state index contributed by atoms with van der Waals surface area (Å²) in [7, 11) is 0. The summed E-state index contributed by atoms with van der Waals surface area (Å²) in [5, 5.41) is 13.5. The maximum atomic E-state index is 11.7. The highest BCUT2D eigenvalue weighted by Crippen LogP contribution is 2.29. The Balaban J connectivity index is 1.61. The zero-order valence-corrected chi connectivity index (χ0v) is 14.2. The molecule has 0 spiro atoms. The summed E-state index contributed by atoms with van der Waals surface area (Å²) < 4.78 is 10.4. The Morgan fingerprint density at radius 3 is 2.84 bits per heavy atom. The van der Waals surface area contributed by atoms with Gasteiger partial charge in [0.1, 0.15) is 6.61 Å². The summed E-state index contributed by atoms with van der Waals surface area (Å²) in [6.45, 7) is 4.53. The molecular weight excluding hydrogens is 320 g/mol. The van der Waals surface area contributed by atoms with Crippen LogP contribution >= 0.6 is 0 Å². The van der Waals surface area contributed by atoms with Gasteiger partial charge in [-0.25, -0.2) is 4.79 Å². The van der Waals surface area contributed by atoms with Crippen molar-refractivity contribution >= 4 is 11.8 Å². The first kappa shape index (κ1) is 17.1. The molecule has 2 N–H and O–H groups in total. The van der Waals surface area contributed by atoms with Crippen molar-refractivity contribution in [1.29, 1.82) is 0 Å². The molecule has 3 rings (SSSR count). The minimum absolute atomic E-state index is 0.172. The number of phenols is 1. The van der Waals surface area contributed by atoms with Crippen LogP contribution in [0.2, 0.25) is 0 Å². The Morgan fingerprint density at radius 1 is 1.24 bits per heavy atom. The van der Waals surface area contributed by atoms with Crippen LogP contribution in [0.3, 0.4) is 0 Å². The number of benzene rings is 2. The molecule has 25 heavy (non-hydrogen) atoms. The fourth-order valence-electron chi connectivity index (χ4n) is 2.79. The van der Waals surface area contributed by atoms with E-state index in [2.05, 4.69) is 5.32 Å². The molecule has 2 aromatic carbocycles. The van der Waals surface area contributed by atoms with Crippen LogP contribution in [-0.4, -0.2) is 31.0 Å². The van der Waals surface area contributed by atoms with Crippen molar-refractivity contribution in [3.05, 3.63) is 53.6 Å². The SMILES string of the molecule is CCOc1cccc(CNCc2cccc(N3CCOC3=O)c2)c1O. The number of phenolic OH excluding ortho intramolecular Hbond substituents is 1. The van der Waals surface area contributed by atoms with Gasteiger partial charge in [0.25, 0.3) is 0 Å². The number of aromatic hydroxyl groups is 1. The second-order valence-corrected chi connectivity index (χ2v) is 5.74. The first-order valence-electron chi connectivity index (χ1n) is 8.36. The number of rotatable bonds is 7. The summed E-state index contributed by atoms with van der Waals surface area (Å²) in [5.41, 5.74) is 2.67. The first-order chi connectivity index (χ1) is 12.2. The molecule has 1 aliphatic rings. The van der Waals surface area contributed by atoms with Gasteiger partial charge in [0.05, 0.1) is 13.2 Å². The number of ether oxygens (including phenoxy) is 2. The number of carbonyl (C=O) groups excluding carboxylic acids is 1. The van der Waals surface area contributed by atoms with E-state index in [0.717, 1.165) is 16.8 Å². The minimum Gasteiger partial charge on any atom is -0.504 e. The van der Waals surface area contributed by atoms with Crippen LogP contribution < -0.4 is 15.0 Å². The highest BCUT2D eigenvalue weighted by Gasteiger charge is 2.23. The van der Waals surface area contributed by atoms with Crippen molar-refractivity contribution in [2.75, 3.05) is 24.7 Å². The Kier molecular flexibility index (Phi) is 5.40. The molecule has 2 aromatic rings. The molecular formula is C19H22N2O4. The van der Waals surface area contributed by atoms with Gasteiger partial charge in [-0.05, 0) is 30.7 Å². The van der Waals surface area contributed by atoms with Crippen LogP contribution in [0.15, 0.2) is 42.5 Å². The van der Waals surface area contributed by atoms with E-state index in [4.69, 9.17) is 9.47 Å². The van der Waals surface area contributed by atoms with Crippen LogP contribution in [0.1, 0.15) is 18.1 Å². The third kappa shape index (κ3) is 4.03. The molecule has 1 saturated heterocycles. The van der Waals surface area contributed by atoms with Crippen molar-refractivity contribution in [2.24, 2.45) is 0 Å². The average molecular weight is 342 g/mol. The van der Waals surface area contributed by atoms with Gasteiger partial charge in [0.15, 0.2) is 11.5 Å². The lowest BCUT2D eigenvalue weighted by atomic mass is 10.1. The Labute approximate surface area is 147 Å². The van der Waals surface area contributed by atoms with Gasteiger partial charge in [-0.1, -0.05) is 24.3 Å². The molecule has 6 heteroatoms. The highest BCUT2D eigenvalue weighted by molar-refractivity contribution is 5.89. The lowest BCUT2D eigenvalue weighted by Gasteiger charge is -2.14. The van der Waals surface area contributed by atoms with E-state index in [-0.39, 0.29) is 11.8 Å². The molecule has 1 amide bonds. The zero-order valence-electron chi connectivity index (χ0n) is 14.2. The summed E-state index contributed by atoms with van der Waals surface area (Å²) in [5.74, 6) is 0.668. The Morgan fingerprint density at radius 2 is 2.08 bits per heavy atom. The number of nitrogens with zero attached hydrogens (tertiary/aromatic N) is 1. The number of hydrogen-bond acceptors (Lipinski definition) is 5. The average Bonchev–Trinajstić information content (AvgIpc) is 3.05. The third-order valence-corrected chi connectivity index (χ3v) is 4.01. The summed E-state index contributed by atoms with van der Waals surface area (Å²) in [6.07, 6.45) is -0.303. The van der Waals surface area contributed by atoms with Crippen LogP contribution in [0, 0.1) is 0 Å². The highest BCUT2D eigenvalue weighted by atomic mass is 16.6. The molecule has 0 aliphatic carbocycles. The van der Waals surface area contributed by atoms with E-state index in [9.17, 15) is 9.90 Å². The fourth-order valence-corrected chi connectivity index (χ4v) is 2.79. The lowest BCUT2D eigenvalue weighted by molar-refractivity contribution is 0.181. The van der Waals surface area contributed by atoms with Crippen LogP contribution in [0.25, 0.3) is 0 Å². The molecule has 0 unspecified atom stereocenters. The molecule has 1 fully saturated rings. The van der Waals surface area contributed by atoms with Crippen LogP contribution in [0.4, 0.5) is 10.5 Å². The number of cyclic esters (lactones) is 1. The van der Waals surface area contributed by atoms with E-state index in [1.54, 1.807) is 11.0 Å². The fraction of sp³-hybridized carbons (Fsp3) is 0.316. The maximum absolute atomic E-state index is 11.7. The van der Waals surface area contributed by atoms with Gasteiger partial charge >= 0.3 is 6.09 Å². The number of hydrogen-bond donors (Lipinski definition) is 2. The lowest BCUT2D eigenvalue weighted by Crippen LogP contribution is -2.23. The largest absolute Gasteiger partial charge is 0.504 e. The van der Waals surface area contributed by atoms with E-state index in [1.165, 1.54) is 0 Å². The van der Waals surface area contributed by atoms with Crippen molar-refractivity contribution in [3.8, 4) is 11.5 Å². The van der Waals surface area contributed by atoms with E-state index in [0.29, 0.717) is 38.6 Å². The van der Waals surface area contributed by atoms with Crippen molar-refractivity contribution in [1.82, 2.24) is 5.32 Å². The predicted molar refractivity (Wildman–Crippen MR) is 95.0 cm³/mol. The van der Waals surface area contributed by atoms with Gasteiger partial charge in [0, 0.05) is 24.3 Å². The van der Waals surface area contributed by atoms with E-state index < -0.39 is 0 Å². The summed E-state index contributed by atoms with van der Waals surface area (Å²) >= 11 is 0. The summed E-state index contributed by atoms with van der Waals surface area (Å²) in [4.78, 5) is 13.3. The zero-order chi connectivity index (χ0) is 17.6. The second-order valence-electron chi connectivity index (χ2n) is 5.74. The quantitative estimate of drug-likeness (QED) is 0.809. The van der Waals surface area contributed by atoms with E-state index >= 15 is 0 Å². The smallest absolute Gasteiger partial charge is 0.414 e. The maximum Gasteiger partial charge on any atom is 0.414 e. The number of carbonyl (C=O) groups is 1.